The molecule has 2 heterocycles. The molecule has 1 aliphatic rings. The second kappa shape index (κ2) is 5.25. The Bertz CT molecular complexity index is 612. The molecule has 0 N–H and O–H groups in total. The Kier molecular flexibility index (Phi) is 3.44. The standard InChI is InChI=1S/C15H16N2O2S/c1-17(11-6-7-14(19-2)16-9-11)15(18)13-8-10-4-3-5-12(10)20-13/h6-9H,3-5H2,1-2H3. The van der Waals surface area contributed by atoms with Crippen LogP contribution in [0.15, 0.2) is 24.4 Å². The fourth-order valence-corrected chi connectivity index (χ4v) is 3.64. The van der Waals surface area contributed by atoms with Crippen molar-refractivity contribution in [1.29, 1.82) is 0 Å². The molecular formula is C15H16N2O2S. The lowest BCUT2D eigenvalue weighted by Gasteiger charge is -2.16. The van der Waals surface area contributed by atoms with Gasteiger partial charge in [0.05, 0.1) is 23.9 Å². The van der Waals surface area contributed by atoms with Gasteiger partial charge in [-0.05, 0) is 37.0 Å². The highest BCUT2D eigenvalue weighted by Crippen LogP contribution is 2.31. The Morgan fingerprint density at radius 3 is 2.90 bits per heavy atom. The minimum absolute atomic E-state index is 0.0244. The molecule has 0 spiro atoms. The molecule has 2 aromatic rings. The molecule has 0 radical (unpaired) electrons. The van der Waals surface area contributed by atoms with E-state index in [4.69, 9.17) is 4.74 Å². The number of carbonyl (C=O) groups excluding carboxylic acids is 1. The number of ether oxygens (including phenoxy) is 1. The van der Waals surface area contributed by atoms with Crippen molar-refractivity contribution in [2.75, 3.05) is 19.1 Å². The summed E-state index contributed by atoms with van der Waals surface area (Å²) in [6, 6.07) is 5.64. The topological polar surface area (TPSA) is 42.4 Å². The summed E-state index contributed by atoms with van der Waals surface area (Å²) in [6.45, 7) is 0. The summed E-state index contributed by atoms with van der Waals surface area (Å²) in [5.41, 5.74) is 2.11. The first-order chi connectivity index (χ1) is 9.69. The number of anilines is 1. The van der Waals surface area contributed by atoms with Gasteiger partial charge in [0.1, 0.15) is 0 Å². The molecule has 0 aliphatic heterocycles. The first kappa shape index (κ1) is 13.1. The van der Waals surface area contributed by atoms with Gasteiger partial charge in [0, 0.05) is 18.0 Å². The number of aromatic nitrogens is 1. The average molecular weight is 288 g/mol. The van der Waals surface area contributed by atoms with E-state index in [1.807, 2.05) is 12.1 Å². The van der Waals surface area contributed by atoms with Crippen molar-refractivity contribution in [2.24, 2.45) is 0 Å². The van der Waals surface area contributed by atoms with Gasteiger partial charge in [-0.3, -0.25) is 4.79 Å². The monoisotopic (exact) mass is 288 g/mol. The molecule has 0 bridgehead atoms. The van der Waals surface area contributed by atoms with Crippen LogP contribution in [0.5, 0.6) is 5.88 Å². The normalized spacial score (nSPS) is 13.1. The van der Waals surface area contributed by atoms with Crippen molar-refractivity contribution >= 4 is 22.9 Å². The molecule has 4 nitrogen and oxygen atoms in total. The number of fused-ring (bicyclic) bond motifs is 1. The van der Waals surface area contributed by atoms with Gasteiger partial charge in [-0.25, -0.2) is 4.98 Å². The second-order valence-electron chi connectivity index (χ2n) is 4.84. The largest absolute Gasteiger partial charge is 0.481 e. The van der Waals surface area contributed by atoms with Crippen molar-refractivity contribution < 1.29 is 9.53 Å². The maximum atomic E-state index is 12.5. The van der Waals surface area contributed by atoms with Crippen LogP contribution in [0.4, 0.5) is 5.69 Å². The van der Waals surface area contributed by atoms with E-state index < -0.39 is 0 Å². The van der Waals surface area contributed by atoms with Gasteiger partial charge in [0.25, 0.3) is 5.91 Å². The van der Waals surface area contributed by atoms with Crippen LogP contribution in [-0.4, -0.2) is 25.0 Å². The van der Waals surface area contributed by atoms with Gasteiger partial charge in [0.2, 0.25) is 5.88 Å². The van der Waals surface area contributed by atoms with Crippen molar-refractivity contribution in [3.05, 3.63) is 39.7 Å². The Morgan fingerprint density at radius 2 is 2.25 bits per heavy atom. The van der Waals surface area contributed by atoms with Crippen molar-refractivity contribution in [2.45, 2.75) is 19.3 Å². The highest BCUT2D eigenvalue weighted by molar-refractivity contribution is 7.14. The van der Waals surface area contributed by atoms with Gasteiger partial charge >= 0.3 is 0 Å². The van der Waals surface area contributed by atoms with E-state index in [9.17, 15) is 4.79 Å². The lowest BCUT2D eigenvalue weighted by Crippen LogP contribution is -2.25. The van der Waals surface area contributed by atoms with Crippen LogP contribution >= 0.6 is 11.3 Å². The fourth-order valence-electron chi connectivity index (χ4n) is 2.41. The number of carbonyl (C=O) groups is 1. The van der Waals surface area contributed by atoms with Gasteiger partial charge in [-0.15, -0.1) is 11.3 Å². The van der Waals surface area contributed by atoms with E-state index in [2.05, 4.69) is 4.98 Å². The van der Waals surface area contributed by atoms with Crippen LogP contribution in [0.2, 0.25) is 0 Å². The Hall–Kier alpha value is -1.88. The molecule has 0 unspecified atom stereocenters. The molecule has 2 aromatic heterocycles. The summed E-state index contributed by atoms with van der Waals surface area (Å²) < 4.78 is 5.02. The minimum atomic E-state index is 0.0244. The molecule has 0 atom stereocenters. The SMILES string of the molecule is COc1ccc(N(C)C(=O)c2cc3c(s2)CCC3)cn1. The van der Waals surface area contributed by atoms with Crippen LogP contribution in [0, 0.1) is 0 Å². The zero-order valence-corrected chi connectivity index (χ0v) is 12.4. The predicted molar refractivity (Wildman–Crippen MR) is 79.9 cm³/mol. The quantitative estimate of drug-likeness (QED) is 0.872. The van der Waals surface area contributed by atoms with Crippen LogP contribution in [-0.2, 0) is 12.8 Å². The summed E-state index contributed by atoms with van der Waals surface area (Å²) in [6.07, 6.45) is 5.08. The number of methoxy groups -OCH3 is 1. The van der Waals surface area contributed by atoms with Crippen LogP contribution in [0.3, 0.4) is 0 Å². The molecule has 0 aromatic carbocycles. The molecule has 1 aliphatic carbocycles. The number of thiophene rings is 1. The van der Waals surface area contributed by atoms with Crippen molar-refractivity contribution in [3.8, 4) is 5.88 Å². The number of pyridine rings is 1. The predicted octanol–water partition coefficient (Wildman–Crippen LogP) is 2.92. The fraction of sp³-hybridized carbons (Fsp3) is 0.333. The van der Waals surface area contributed by atoms with Crippen LogP contribution in [0.25, 0.3) is 0 Å². The summed E-state index contributed by atoms with van der Waals surface area (Å²) in [5.74, 6) is 0.570. The molecule has 0 saturated heterocycles. The van der Waals surface area contributed by atoms with Crippen molar-refractivity contribution in [1.82, 2.24) is 4.98 Å². The van der Waals surface area contributed by atoms with Gasteiger partial charge in [-0.2, -0.15) is 0 Å². The minimum Gasteiger partial charge on any atom is -0.481 e. The maximum Gasteiger partial charge on any atom is 0.268 e. The maximum absolute atomic E-state index is 12.5. The highest BCUT2D eigenvalue weighted by Gasteiger charge is 2.21. The van der Waals surface area contributed by atoms with Crippen molar-refractivity contribution in [3.63, 3.8) is 0 Å². The Morgan fingerprint density at radius 1 is 1.40 bits per heavy atom. The molecule has 3 rings (SSSR count). The van der Waals surface area contributed by atoms with E-state index in [0.29, 0.717) is 5.88 Å². The Balaban J connectivity index is 1.81. The molecule has 5 heteroatoms. The molecule has 104 valence electrons. The van der Waals surface area contributed by atoms with Crippen LogP contribution in [0.1, 0.15) is 26.5 Å². The first-order valence-corrected chi connectivity index (χ1v) is 7.40. The first-order valence-electron chi connectivity index (χ1n) is 6.58. The van der Waals surface area contributed by atoms with E-state index in [1.54, 1.807) is 42.7 Å². The number of rotatable bonds is 3. The molecule has 1 amide bonds. The zero-order valence-electron chi connectivity index (χ0n) is 11.5. The average Bonchev–Trinajstić information content (AvgIpc) is 3.07. The number of nitrogens with zero attached hydrogens (tertiary/aromatic N) is 2. The Labute approximate surface area is 122 Å². The van der Waals surface area contributed by atoms with E-state index in [1.165, 1.54) is 16.9 Å². The lowest BCUT2D eigenvalue weighted by molar-refractivity contribution is 0.0996. The summed E-state index contributed by atoms with van der Waals surface area (Å²) in [4.78, 5) is 20.4. The van der Waals surface area contributed by atoms with Gasteiger partial charge < -0.3 is 9.64 Å². The molecule has 0 saturated carbocycles. The molecule has 20 heavy (non-hydrogen) atoms. The summed E-state index contributed by atoms with van der Waals surface area (Å²) >= 11 is 1.62. The summed E-state index contributed by atoms with van der Waals surface area (Å²) in [5, 5.41) is 0. The molecule has 0 fully saturated rings. The van der Waals surface area contributed by atoms with Crippen LogP contribution < -0.4 is 9.64 Å². The second-order valence-corrected chi connectivity index (χ2v) is 5.97. The van der Waals surface area contributed by atoms with E-state index in [0.717, 1.165) is 23.4 Å². The number of hydrogen-bond donors (Lipinski definition) is 0. The third kappa shape index (κ3) is 2.29. The van der Waals surface area contributed by atoms with Gasteiger partial charge in [-0.1, -0.05) is 0 Å². The van der Waals surface area contributed by atoms with Gasteiger partial charge in [0.15, 0.2) is 0 Å². The third-order valence-electron chi connectivity index (χ3n) is 3.58. The zero-order chi connectivity index (χ0) is 14.1. The highest BCUT2D eigenvalue weighted by atomic mass is 32.1. The van der Waals surface area contributed by atoms with E-state index >= 15 is 0 Å². The molecular weight excluding hydrogens is 272 g/mol. The summed E-state index contributed by atoms with van der Waals surface area (Å²) in [7, 11) is 3.35. The smallest absolute Gasteiger partial charge is 0.268 e. The van der Waals surface area contributed by atoms with E-state index in [-0.39, 0.29) is 5.91 Å². The lowest BCUT2D eigenvalue weighted by atomic mass is 10.2. The third-order valence-corrected chi connectivity index (χ3v) is 4.80. The number of amides is 1. The number of hydrogen-bond acceptors (Lipinski definition) is 4. The number of aryl methyl sites for hydroxylation is 2.